The van der Waals surface area contributed by atoms with Crippen molar-refractivity contribution in [2.75, 3.05) is 0 Å². The quantitative estimate of drug-likeness (QED) is 0.702. The number of ketones is 1. The Hall–Kier alpha value is -0.920. The minimum absolute atomic E-state index is 0.00199. The lowest BCUT2D eigenvalue weighted by molar-refractivity contribution is -0.112. The molecule has 0 aromatic carbocycles. The van der Waals surface area contributed by atoms with Gasteiger partial charge in [-0.15, -0.1) is 0 Å². The number of rotatable bonds is 3. The maximum atomic E-state index is 14.1. The molecule has 0 aliphatic heterocycles. The number of unbranched alkanes of at least 4 members (excludes halogenated alkanes) is 1. The first-order chi connectivity index (χ1) is 7.75. The third kappa shape index (κ3) is 1.98. The molecule has 2 heteroatoms. The Morgan fingerprint density at radius 1 is 1.44 bits per heavy atom. The Kier molecular flexibility index (Phi) is 3.57. The molecule has 0 amide bonds. The SMILES string of the molecule is CCCCC1=C(F)C2CCCCC=C2C1=O. The van der Waals surface area contributed by atoms with Crippen LogP contribution in [-0.2, 0) is 4.79 Å². The largest absolute Gasteiger partial charge is 0.289 e. The number of halogens is 1. The Morgan fingerprint density at radius 3 is 3.00 bits per heavy atom. The van der Waals surface area contributed by atoms with Crippen molar-refractivity contribution in [3.05, 3.63) is 23.0 Å². The third-order valence-electron chi connectivity index (χ3n) is 3.60. The van der Waals surface area contributed by atoms with Crippen LogP contribution in [0.3, 0.4) is 0 Å². The average Bonchev–Trinajstić information content (AvgIpc) is 2.51. The predicted octanol–water partition coefficient (Wildman–Crippen LogP) is 4.10. The summed E-state index contributed by atoms with van der Waals surface area (Å²) in [5, 5.41) is 0. The van der Waals surface area contributed by atoms with Crippen molar-refractivity contribution in [3.8, 4) is 0 Å². The van der Waals surface area contributed by atoms with Crippen LogP contribution in [0, 0.1) is 5.92 Å². The van der Waals surface area contributed by atoms with Gasteiger partial charge in [-0.2, -0.15) is 0 Å². The van der Waals surface area contributed by atoms with Gasteiger partial charge in [-0.25, -0.2) is 4.39 Å². The van der Waals surface area contributed by atoms with Gasteiger partial charge < -0.3 is 0 Å². The first-order valence-electron chi connectivity index (χ1n) is 6.39. The number of hydrogen-bond donors (Lipinski definition) is 0. The van der Waals surface area contributed by atoms with Gasteiger partial charge in [-0.3, -0.25) is 4.79 Å². The van der Waals surface area contributed by atoms with Crippen LogP contribution in [-0.4, -0.2) is 5.78 Å². The topological polar surface area (TPSA) is 17.1 Å². The van der Waals surface area contributed by atoms with E-state index in [2.05, 4.69) is 6.92 Å². The summed E-state index contributed by atoms with van der Waals surface area (Å²) < 4.78 is 14.1. The van der Waals surface area contributed by atoms with Gasteiger partial charge >= 0.3 is 0 Å². The summed E-state index contributed by atoms with van der Waals surface area (Å²) in [6, 6.07) is 0. The fraction of sp³-hybridized carbons (Fsp3) is 0.643. The second-order valence-corrected chi connectivity index (χ2v) is 4.76. The van der Waals surface area contributed by atoms with Crippen molar-refractivity contribution in [1.82, 2.24) is 0 Å². The number of allylic oxidation sites excluding steroid dienone is 4. The van der Waals surface area contributed by atoms with E-state index in [0.29, 0.717) is 12.0 Å². The maximum Gasteiger partial charge on any atom is 0.187 e. The van der Waals surface area contributed by atoms with Crippen LogP contribution < -0.4 is 0 Å². The van der Waals surface area contributed by atoms with Crippen molar-refractivity contribution in [1.29, 1.82) is 0 Å². The van der Waals surface area contributed by atoms with Gasteiger partial charge in [0.1, 0.15) is 5.83 Å². The standard InChI is InChI=1S/C14H19FO/c1-2-3-7-12-13(15)10-8-5-4-6-9-11(10)14(12)16/h9-10H,2-8H2,1H3. The van der Waals surface area contributed by atoms with Crippen LogP contribution >= 0.6 is 0 Å². The van der Waals surface area contributed by atoms with Gasteiger partial charge in [0.25, 0.3) is 0 Å². The van der Waals surface area contributed by atoms with Crippen LogP contribution in [0.5, 0.6) is 0 Å². The molecule has 16 heavy (non-hydrogen) atoms. The molecule has 0 bridgehead atoms. The highest BCUT2D eigenvalue weighted by Gasteiger charge is 2.37. The molecular formula is C14H19FO. The van der Waals surface area contributed by atoms with Gasteiger partial charge in [0, 0.05) is 17.1 Å². The van der Waals surface area contributed by atoms with Crippen LogP contribution in [0.15, 0.2) is 23.0 Å². The normalized spacial score (nSPS) is 25.5. The summed E-state index contributed by atoms with van der Waals surface area (Å²) >= 11 is 0. The van der Waals surface area contributed by atoms with Crippen LogP contribution in [0.25, 0.3) is 0 Å². The molecule has 0 heterocycles. The zero-order chi connectivity index (χ0) is 11.5. The van der Waals surface area contributed by atoms with Crippen LogP contribution in [0.2, 0.25) is 0 Å². The zero-order valence-corrected chi connectivity index (χ0v) is 9.89. The smallest absolute Gasteiger partial charge is 0.187 e. The van der Waals surface area contributed by atoms with E-state index in [0.717, 1.165) is 44.1 Å². The summed E-state index contributed by atoms with van der Waals surface area (Å²) in [4.78, 5) is 12.0. The van der Waals surface area contributed by atoms with Gasteiger partial charge in [0.15, 0.2) is 5.78 Å². The Bertz CT molecular complexity index is 352. The van der Waals surface area contributed by atoms with E-state index in [1.54, 1.807) is 0 Å². The van der Waals surface area contributed by atoms with Crippen LogP contribution in [0.1, 0.15) is 51.9 Å². The molecule has 0 radical (unpaired) electrons. The minimum atomic E-state index is -0.193. The molecule has 1 atom stereocenters. The summed E-state index contributed by atoms with van der Waals surface area (Å²) in [7, 11) is 0. The summed E-state index contributed by atoms with van der Waals surface area (Å²) in [5.41, 5.74) is 1.22. The lowest BCUT2D eigenvalue weighted by atomic mass is 9.98. The van der Waals surface area contributed by atoms with E-state index in [9.17, 15) is 9.18 Å². The Morgan fingerprint density at radius 2 is 2.25 bits per heavy atom. The lowest BCUT2D eigenvalue weighted by Crippen LogP contribution is -2.04. The van der Waals surface area contributed by atoms with Crippen molar-refractivity contribution < 1.29 is 9.18 Å². The molecule has 2 rings (SSSR count). The number of carbonyl (C=O) groups is 1. The fourth-order valence-corrected chi connectivity index (χ4v) is 2.64. The molecule has 1 nitrogen and oxygen atoms in total. The van der Waals surface area contributed by atoms with Crippen LogP contribution in [0.4, 0.5) is 4.39 Å². The van der Waals surface area contributed by atoms with E-state index in [-0.39, 0.29) is 17.5 Å². The van der Waals surface area contributed by atoms with Gasteiger partial charge in [0.2, 0.25) is 0 Å². The van der Waals surface area contributed by atoms with E-state index in [1.807, 2.05) is 6.08 Å². The highest BCUT2D eigenvalue weighted by molar-refractivity contribution is 6.12. The number of fused-ring (bicyclic) bond motifs is 1. The molecule has 88 valence electrons. The van der Waals surface area contributed by atoms with E-state index in [4.69, 9.17) is 0 Å². The molecule has 0 saturated carbocycles. The van der Waals surface area contributed by atoms with Gasteiger partial charge in [-0.05, 0) is 32.1 Å². The molecule has 0 fully saturated rings. The molecule has 0 aromatic heterocycles. The number of hydrogen-bond acceptors (Lipinski definition) is 1. The molecular weight excluding hydrogens is 203 g/mol. The molecule has 0 aromatic rings. The predicted molar refractivity (Wildman–Crippen MR) is 62.7 cm³/mol. The maximum absolute atomic E-state index is 14.1. The second-order valence-electron chi connectivity index (χ2n) is 4.76. The lowest BCUT2D eigenvalue weighted by Gasteiger charge is -2.07. The van der Waals surface area contributed by atoms with Crippen molar-refractivity contribution in [2.24, 2.45) is 5.92 Å². The van der Waals surface area contributed by atoms with E-state index in [1.165, 1.54) is 0 Å². The van der Waals surface area contributed by atoms with Crippen molar-refractivity contribution in [2.45, 2.75) is 51.9 Å². The van der Waals surface area contributed by atoms with Crippen molar-refractivity contribution >= 4 is 5.78 Å². The fourth-order valence-electron chi connectivity index (χ4n) is 2.64. The molecule has 0 spiro atoms. The molecule has 2 aliphatic rings. The third-order valence-corrected chi connectivity index (χ3v) is 3.60. The Balaban J connectivity index is 2.22. The number of Topliss-reactive ketones (excluding diaryl/α,β-unsaturated/α-hetero) is 1. The highest BCUT2D eigenvalue weighted by Crippen LogP contribution is 2.41. The first kappa shape index (κ1) is 11.6. The summed E-state index contributed by atoms with van der Waals surface area (Å²) in [5.74, 6) is -0.314. The average molecular weight is 222 g/mol. The molecule has 0 N–H and O–H groups in total. The molecule has 1 unspecified atom stereocenters. The van der Waals surface area contributed by atoms with E-state index >= 15 is 0 Å². The van der Waals surface area contributed by atoms with E-state index < -0.39 is 0 Å². The van der Waals surface area contributed by atoms with Gasteiger partial charge in [0.05, 0.1) is 0 Å². The molecule has 2 aliphatic carbocycles. The summed E-state index contributed by atoms with van der Waals surface area (Å²) in [6.07, 6.45) is 8.39. The highest BCUT2D eigenvalue weighted by atomic mass is 19.1. The number of carbonyl (C=O) groups excluding carboxylic acids is 1. The Labute approximate surface area is 96.4 Å². The zero-order valence-electron chi connectivity index (χ0n) is 9.89. The summed E-state index contributed by atoms with van der Waals surface area (Å²) in [6.45, 7) is 2.06. The first-order valence-corrected chi connectivity index (χ1v) is 6.39. The monoisotopic (exact) mass is 222 g/mol. The van der Waals surface area contributed by atoms with Crippen molar-refractivity contribution in [3.63, 3.8) is 0 Å². The molecule has 0 saturated heterocycles. The van der Waals surface area contributed by atoms with Gasteiger partial charge in [-0.1, -0.05) is 25.8 Å². The minimum Gasteiger partial charge on any atom is -0.289 e. The second kappa shape index (κ2) is 4.94.